The molecule has 2 aromatic carbocycles. The third-order valence-corrected chi connectivity index (χ3v) is 3.64. The minimum absolute atomic E-state index is 0. The molecule has 0 heterocycles. The Balaban J connectivity index is 0.000001000. The van der Waals surface area contributed by atoms with Crippen molar-refractivity contribution in [3.63, 3.8) is 0 Å². The van der Waals surface area contributed by atoms with E-state index < -0.39 is 0 Å². The van der Waals surface area contributed by atoms with Gasteiger partial charge in [-0.05, 0) is 41.7 Å². The van der Waals surface area contributed by atoms with Gasteiger partial charge in [-0.15, -0.1) is 24.8 Å². The van der Waals surface area contributed by atoms with E-state index in [4.69, 9.17) is 5.73 Å². The van der Waals surface area contributed by atoms with Crippen LogP contribution in [0.4, 0.5) is 5.69 Å². The average molecular weight is 311 g/mol. The van der Waals surface area contributed by atoms with Gasteiger partial charge in [0.1, 0.15) is 0 Å². The van der Waals surface area contributed by atoms with Crippen molar-refractivity contribution in [2.75, 3.05) is 5.73 Å². The molecule has 0 fully saturated rings. The molecule has 3 N–H and O–H groups in total. The molecule has 1 aliphatic rings. The van der Waals surface area contributed by atoms with Gasteiger partial charge in [0.05, 0.1) is 0 Å². The van der Waals surface area contributed by atoms with E-state index in [1.165, 1.54) is 23.1 Å². The molecule has 0 saturated carbocycles. The lowest BCUT2D eigenvalue weighted by Crippen LogP contribution is -2.18. The monoisotopic (exact) mass is 310 g/mol. The number of rotatable bonds is 3. The fourth-order valence-corrected chi connectivity index (χ4v) is 2.69. The number of aryl methyl sites for hydroxylation is 1. The zero-order chi connectivity index (χ0) is 12.4. The van der Waals surface area contributed by atoms with E-state index in [2.05, 4.69) is 47.8 Å². The standard InChI is InChI=1S/C16H18N2.2ClH/c17-14-7-8-15-13(10-14)6-9-16(15)18-11-12-4-2-1-3-5-12;;/h1-5,7-8,10,16,18H,6,9,11,17H2;2*1H. The summed E-state index contributed by atoms with van der Waals surface area (Å²) in [6.45, 7) is 0.926. The lowest BCUT2D eigenvalue weighted by atomic mass is 10.1. The Bertz CT molecular complexity index is 543. The third-order valence-electron chi connectivity index (χ3n) is 3.64. The molecule has 4 heteroatoms. The van der Waals surface area contributed by atoms with Gasteiger partial charge in [-0.3, -0.25) is 0 Å². The highest BCUT2D eigenvalue weighted by Gasteiger charge is 2.21. The summed E-state index contributed by atoms with van der Waals surface area (Å²) in [5.41, 5.74) is 10.8. The van der Waals surface area contributed by atoms with Crippen molar-refractivity contribution in [2.24, 2.45) is 0 Å². The number of anilines is 1. The molecular weight excluding hydrogens is 291 g/mol. The maximum Gasteiger partial charge on any atom is 0.0329 e. The van der Waals surface area contributed by atoms with Gasteiger partial charge in [-0.25, -0.2) is 0 Å². The number of benzene rings is 2. The second kappa shape index (κ2) is 7.53. The van der Waals surface area contributed by atoms with Crippen LogP contribution in [0.3, 0.4) is 0 Å². The van der Waals surface area contributed by atoms with E-state index in [0.29, 0.717) is 6.04 Å². The second-order valence-electron chi connectivity index (χ2n) is 4.92. The zero-order valence-corrected chi connectivity index (χ0v) is 12.8. The number of hydrogen-bond acceptors (Lipinski definition) is 2. The number of hydrogen-bond donors (Lipinski definition) is 2. The van der Waals surface area contributed by atoms with E-state index in [9.17, 15) is 0 Å². The van der Waals surface area contributed by atoms with Crippen LogP contribution in [0.25, 0.3) is 0 Å². The smallest absolute Gasteiger partial charge is 0.0329 e. The molecule has 0 spiro atoms. The number of fused-ring (bicyclic) bond motifs is 1. The number of nitrogens with one attached hydrogen (secondary N) is 1. The maximum atomic E-state index is 5.82. The van der Waals surface area contributed by atoms with E-state index in [1.54, 1.807) is 0 Å². The molecule has 0 radical (unpaired) electrons. The first-order chi connectivity index (χ1) is 8.83. The average Bonchev–Trinajstić information content (AvgIpc) is 2.80. The van der Waals surface area contributed by atoms with Crippen molar-refractivity contribution in [1.29, 1.82) is 0 Å². The van der Waals surface area contributed by atoms with Crippen LogP contribution in [-0.2, 0) is 13.0 Å². The van der Waals surface area contributed by atoms with Crippen LogP contribution in [0.2, 0.25) is 0 Å². The van der Waals surface area contributed by atoms with Gasteiger partial charge >= 0.3 is 0 Å². The first kappa shape index (κ1) is 16.8. The molecule has 0 amide bonds. The van der Waals surface area contributed by atoms with Crippen LogP contribution in [0, 0.1) is 0 Å². The molecule has 3 rings (SSSR count). The lowest BCUT2D eigenvalue weighted by molar-refractivity contribution is 0.530. The molecule has 0 bridgehead atoms. The largest absolute Gasteiger partial charge is 0.399 e. The number of nitrogen functional groups attached to an aromatic ring is 1. The van der Waals surface area contributed by atoms with Gasteiger partial charge < -0.3 is 11.1 Å². The Hall–Kier alpha value is -1.22. The summed E-state index contributed by atoms with van der Waals surface area (Å²) in [4.78, 5) is 0. The van der Waals surface area contributed by atoms with Crippen molar-refractivity contribution in [3.05, 3.63) is 65.2 Å². The molecule has 0 saturated heterocycles. The van der Waals surface area contributed by atoms with Crippen LogP contribution in [0.1, 0.15) is 29.2 Å². The van der Waals surface area contributed by atoms with Crippen molar-refractivity contribution >= 4 is 30.5 Å². The predicted octanol–water partition coefficient (Wildman–Crippen LogP) is 3.89. The minimum Gasteiger partial charge on any atom is -0.399 e. The SMILES string of the molecule is Cl.Cl.Nc1ccc2c(c1)CCC2NCc1ccccc1. The summed E-state index contributed by atoms with van der Waals surface area (Å²) in [6.07, 6.45) is 2.30. The Labute approximate surface area is 132 Å². The molecule has 1 aliphatic carbocycles. The summed E-state index contributed by atoms with van der Waals surface area (Å²) in [5, 5.41) is 3.63. The molecule has 2 aromatic rings. The van der Waals surface area contributed by atoms with Crippen LogP contribution in [-0.4, -0.2) is 0 Å². The van der Waals surface area contributed by atoms with Crippen LogP contribution >= 0.6 is 24.8 Å². The highest BCUT2D eigenvalue weighted by molar-refractivity contribution is 5.85. The maximum absolute atomic E-state index is 5.82. The Morgan fingerprint density at radius 3 is 2.55 bits per heavy atom. The molecule has 0 aromatic heterocycles. The highest BCUT2D eigenvalue weighted by atomic mass is 35.5. The normalized spacial score (nSPS) is 15.9. The van der Waals surface area contributed by atoms with Crippen molar-refractivity contribution < 1.29 is 0 Å². The van der Waals surface area contributed by atoms with Crippen LogP contribution in [0.5, 0.6) is 0 Å². The molecule has 0 aliphatic heterocycles. The van der Waals surface area contributed by atoms with Gasteiger partial charge in [-0.1, -0.05) is 36.4 Å². The molecule has 1 atom stereocenters. The number of halogens is 2. The quantitative estimate of drug-likeness (QED) is 0.844. The lowest BCUT2D eigenvalue weighted by Gasteiger charge is -2.14. The molecule has 2 nitrogen and oxygen atoms in total. The summed E-state index contributed by atoms with van der Waals surface area (Å²) in [6, 6.07) is 17.3. The first-order valence-corrected chi connectivity index (χ1v) is 6.48. The van der Waals surface area contributed by atoms with E-state index in [-0.39, 0.29) is 24.8 Å². The van der Waals surface area contributed by atoms with Crippen molar-refractivity contribution in [1.82, 2.24) is 5.32 Å². The van der Waals surface area contributed by atoms with Crippen molar-refractivity contribution in [3.8, 4) is 0 Å². The molecule has 108 valence electrons. The van der Waals surface area contributed by atoms with E-state index >= 15 is 0 Å². The molecule has 20 heavy (non-hydrogen) atoms. The zero-order valence-electron chi connectivity index (χ0n) is 11.2. The van der Waals surface area contributed by atoms with E-state index in [0.717, 1.165) is 18.7 Å². The summed E-state index contributed by atoms with van der Waals surface area (Å²) in [5.74, 6) is 0. The summed E-state index contributed by atoms with van der Waals surface area (Å²) >= 11 is 0. The van der Waals surface area contributed by atoms with Gasteiger partial charge in [0.2, 0.25) is 0 Å². The molecule has 1 unspecified atom stereocenters. The van der Waals surface area contributed by atoms with Gasteiger partial charge in [-0.2, -0.15) is 0 Å². The predicted molar refractivity (Wildman–Crippen MR) is 89.7 cm³/mol. The number of nitrogens with two attached hydrogens (primary N) is 1. The minimum atomic E-state index is 0. The van der Waals surface area contributed by atoms with Gasteiger partial charge in [0, 0.05) is 18.3 Å². The van der Waals surface area contributed by atoms with Gasteiger partial charge in [0.15, 0.2) is 0 Å². The highest BCUT2D eigenvalue weighted by Crippen LogP contribution is 2.32. The second-order valence-corrected chi connectivity index (χ2v) is 4.92. The van der Waals surface area contributed by atoms with Crippen LogP contribution in [0.15, 0.2) is 48.5 Å². The Kier molecular flexibility index (Phi) is 6.34. The summed E-state index contributed by atoms with van der Waals surface area (Å²) in [7, 11) is 0. The van der Waals surface area contributed by atoms with Crippen LogP contribution < -0.4 is 11.1 Å². The van der Waals surface area contributed by atoms with Gasteiger partial charge in [0.25, 0.3) is 0 Å². The topological polar surface area (TPSA) is 38.0 Å². The van der Waals surface area contributed by atoms with E-state index in [1.807, 2.05) is 6.07 Å². The van der Waals surface area contributed by atoms with Crippen molar-refractivity contribution in [2.45, 2.75) is 25.4 Å². The summed E-state index contributed by atoms with van der Waals surface area (Å²) < 4.78 is 0. The fourth-order valence-electron chi connectivity index (χ4n) is 2.69. The Morgan fingerprint density at radius 2 is 1.80 bits per heavy atom. The Morgan fingerprint density at radius 1 is 1.05 bits per heavy atom. The third kappa shape index (κ3) is 3.66. The fraction of sp³-hybridized carbons (Fsp3) is 0.250. The molecular formula is C16H20Cl2N2. The first-order valence-electron chi connectivity index (χ1n) is 6.48.